The first kappa shape index (κ1) is 19.0. The van der Waals surface area contributed by atoms with Gasteiger partial charge in [-0.25, -0.2) is 0 Å². The molecule has 2 aromatic rings. The first-order valence-corrected chi connectivity index (χ1v) is 9.12. The van der Waals surface area contributed by atoms with Gasteiger partial charge < -0.3 is 0 Å². The highest BCUT2D eigenvalue weighted by atomic mass is 14.2. The van der Waals surface area contributed by atoms with Crippen LogP contribution >= 0.6 is 0 Å². The van der Waals surface area contributed by atoms with E-state index in [1.807, 2.05) is 0 Å². The van der Waals surface area contributed by atoms with Crippen molar-refractivity contribution in [3.8, 4) is 0 Å². The van der Waals surface area contributed by atoms with Gasteiger partial charge in [-0.2, -0.15) is 0 Å². The molecule has 0 unspecified atom stereocenters. The molecule has 2 rings (SSSR count). The van der Waals surface area contributed by atoms with Gasteiger partial charge in [0.1, 0.15) is 0 Å². The lowest BCUT2D eigenvalue weighted by Gasteiger charge is -2.17. The Balaban J connectivity index is 2.39. The molecule has 130 valence electrons. The van der Waals surface area contributed by atoms with Crippen LogP contribution in [0, 0.1) is 13.8 Å². The largest absolute Gasteiger partial charge is 0.0956 e. The second-order valence-corrected chi connectivity index (χ2v) is 6.97. The molecule has 0 saturated carbocycles. The number of aryl methyl sites for hydroxylation is 2. The van der Waals surface area contributed by atoms with Crippen molar-refractivity contribution < 1.29 is 0 Å². The van der Waals surface area contributed by atoms with Crippen LogP contribution < -0.4 is 0 Å². The summed E-state index contributed by atoms with van der Waals surface area (Å²) >= 11 is 0. The molecule has 0 aliphatic carbocycles. The lowest BCUT2D eigenvalue weighted by molar-refractivity contribution is 0.915. The van der Waals surface area contributed by atoms with E-state index in [4.69, 9.17) is 0 Å². The summed E-state index contributed by atoms with van der Waals surface area (Å²) in [5.74, 6) is 0. The second kappa shape index (κ2) is 8.67. The van der Waals surface area contributed by atoms with Gasteiger partial charge in [0, 0.05) is 0 Å². The fourth-order valence-corrected chi connectivity index (χ4v) is 3.01. The van der Waals surface area contributed by atoms with Crippen molar-refractivity contribution in [2.24, 2.45) is 0 Å². The quantitative estimate of drug-likeness (QED) is 0.460. The summed E-state index contributed by atoms with van der Waals surface area (Å²) in [6.45, 7) is 17.3. The Kier molecular flexibility index (Phi) is 6.58. The Morgan fingerprint density at radius 3 is 1.76 bits per heavy atom. The average molecular weight is 331 g/mol. The van der Waals surface area contributed by atoms with E-state index in [9.17, 15) is 0 Å². The van der Waals surface area contributed by atoms with Crippen molar-refractivity contribution in [3.63, 3.8) is 0 Å². The van der Waals surface area contributed by atoms with Gasteiger partial charge in [-0.15, -0.1) is 0 Å². The van der Waals surface area contributed by atoms with Gasteiger partial charge in [0.2, 0.25) is 0 Å². The summed E-state index contributed by atoms with van der Waals surface area (Å²) in [4.78, 5) is 0. The minimum absolute atomic E-state index is 0.848. The van der Waals surface area contributed by atoms with Crippen LogP contribution in [0.25, 0.3) is 11.1 Å². The Morgan fingerprint density at radius 1 is 0.800 bits per heavy atom. The van der Waals surface area contributed by atoms with Crippen LogP contribution in [0.4, 0.5) is 0 Å². The van der Waals surface area contributed by atoms with E-state index in [-0.39, 0.29) is 0 Å². The molecule has 0 radical (unpaired) electrons. The van der Waals surface area contributed by atoms with E-state index in [1.165, 1.54) is 39.0 Å². The van der Waals surface area contributed by atoms with Crippen molar-refractivity contribution in [3.05, 3.63) is 95.1 Å². The van der Waals surface area contributed by atoms with Crippen LogP contribution in [0.3, 0.4) is 0 Å². The Hall–Kier alpha value is -2.34. The molecule has 0 heteroatoms. The monoisotopic (exact) mass is 330 g/mol. The summed E-state index contributed by atoms with van der Waals surface area (Å²) in [5, 5.41) is 0. The summed E-state index contributed by atoms with van der Waals surface area (Å²) in [7, 11) is 0. The summed E-state index contributed by atoms with van der Waals surface area (Å²) in [5.41, 5.74) is 10.1. The van der Waals surface area contributed by atoms with Gasteiger partial charge in [0.25, 0.3) is 0 Å². The smallest absolute Gasteiger partial charge is 0.00170 e. The molecular weight excluding hydrogens is 300 g/mol. The topological polar surface area (TPSA) is 0 Å². The van der Waals surface area contributed by atoms with Crippen LogP contribution in [-0.4, -0.2) is 0 Å². The minimum Gasteiger partial charge on any atom is -0.0956 e. The highest BCUT2D eigenvalue weighted by Crippen LogP contribution is 2.33. The fourth-order valence-electron chi connectivity index (χ4n) is 3.01. The van der Waals surface area contributed by atoms with Gasteiger partial charge in [0.05, 0.1) is 0 Å². The highest BCUT2D eigenvalue weighted by Gasteiger charge is 2.11. The van der Waals surface area contributed by atoms with E-state index in [1.54, 1.807) is 0 Å². The molecule has 0 bridgehead atoms. The maximum Gasteiger partial charge on any atom is -0.00170 e. The third-order valence-corrected chi connectivity index (χ3v) is 4.78. The lowest BCUT2D eigenvalue weighted by Crippen LogP contribution is -1.95. The Labute approximate surface area is 153 Å². The van der Waals surface area contributed by atoms with E-state index in [0.29, 0.717) is 0 Å². The SMILES string of the molecule is C=C(CCC)/C(C)=C(/CC(=C)c1ccc(C)cc1)c1ccc(C)cc1. The van der Waals surface area contributed by atoms with Gasteiger partial charge >= 0.3 is 0 Å². The summed E-state index contributed by atoms with van der Waals surface area (Å²) < 4.78 is 0. The van der Waals surface area contributed by atoms with E-state index in [0.717, 1.165) is 24.8 Å². The molecule has 0 spiro atoms. The van der Waals surface area contributed by atoms with Gasteiger partial charge in [0.15, 0.2) is 0 Å². The van der Waals surface area contributed by atoms with E-state index >= 15 is 0 Å². The zero-order chi connectivity index (χ0) is 18.4. The molecule has 0 atom stereocenters. The summed E-state index contributed by atoms with van der Waals surface area (Å²) in [6.07, 6.45) is 3.01. The molecule has 0 amide bonds. The molecule has 0 fully saturated rings. The van der Waals surface area contributed by atoms with Crippen molar-refractivity contribution in [2.75, 3.05) is 0 Å². The third kappa shape index (κ3) is 5.06. The molecule has 25 heavy (non-hydrogen) atoms. The van der Waals surface area contributed by atoms with Crippen molar-refractivity contribution in [2.45, 2.75) is 47.0 Å². The van der Waals surface area contributed by atoms with E-state index in [2.05, 4.69) is 89.4 Å². The van der Waals surface area contributed by atoms with E-state index < -0.39 is 0 Å². The molecule has 0 saturated heterocycles. The molecule has 0 aromatic heterocycles. The number of allylic oxidation sites excluding steroid dienone is 4. The first-order valence-electron chi connectivity index (χ1n) is 9.12. The van der Waals surface area contributed by atoms with Gasteiger partial charge in [-0.1, -0.05) is 91.7 Å². The number of hydrogen-bond acceptors (Lipinski definition) is 0. The molecular formula is C25H30. The number of hydrogen-bond donors (Lipinski definition) is 0. The van der Waals surface area contributed by atoms with Crippen molar-refractivity contribution in [1.29, 1.82) is 0 Å². The zero-order valence-corrected chi connectivity index (χ0v) is 16.2. The standard InChI is InChI=1S/C25H30/c1-7-8-20(4)22(6)25(24-15-11-19(3)12-16-24)17-21(5)23-13-9-18(2)10-14-23/h9-16H,4-5,7-8,17H2,1-3,6H3/b25-22-. The van der Waals surface area contributed by atoms with Crippen molar-refractivity contribution >= 4 is 11.1 Å². The molecule has 0 N–H and O–H groups in total. The normalized spacial score (nSPS) is 11.8. The number of benzene rings is 2. The second-order valence-electron chi connectivity index (χ2n) is 6.97. The minimum atomic E-state index is 0.848. The molecule has 0 aliphatic rings. The van der Waals surface area contributed by atoms with Crippen LogP contribution in [0.5, 0.6) is 0 Å². The lowest BCUT2D eigenvalue weighted by atomic mass is 9.88. The average Bonchev–Trinajstić information content (AvgIpc) is 2.60. The number of rotatable bonds is 7. The van der Waals surface area contributed by atoms with Crippen LogP contribution in [0.15, 0.2) is 72.8 Å². The summed E-state index contributed by atoms with van der Waals surface area (Å²) in [6, 6.07) is 17.4. The van der Waals surface area contributed by atoms with Crippen molar-refractivity contribution in [1.82, 2.24) is 0 Å². The predicted octanol–water partition coefficient (Wildman–Crippen LogP) is 7.54. The maximum atomic E-state index is 4.36. The van der Waals surface area contributed by atoms with Crippen LogP contribution in [-0.2, 0) is 0 Å². The Bertz CT molecular complexity index is 768. The highest BCUT2D eigenvalue weighted by molar-refractivity contribution is 5.82. The predicted molar refractivity (Wildman–Crippen MR) is 113 cm³/mol. The van der Waals surface area contributed by atoms with Crippen LogP contribution in [0.1, 0.15) is 55.4 Å². The Morgan fingerprint density at radius 2 is 1.28 bits per heavy atom. The first-order chi connectivity index (χ1) is 11.9. The molecule has 0 aliphatic heterocycles. The molecule has 2 aromatic carbocycles. The zero-order valence-electron chi connectivity index (χ0n) is 16.2. The third-order valence-electron chi connectivity index (χ3n) is 4.78. The van der Waals surface area contributed by atoms with Crippen LogP contribution in [0.2, 0.25) is 0 Å². The van der Waals surface area contributed by atoms with Gasteiger partial charge in [-0.05, 0) is 61.5 Å². The molecule has 0 nitrogen and oxygen atoms in total. The van der Waals surface area contributed by atoms with Gasteiger partial charge in [-0.3, -0.25) is 0 Å². The molecule has 0 heterocycles. The maximum absolute atomic E-state index is 4.36. The fraction of sp³-hybridized carbons (Fsp3) is 0.280.